The lowest BCUT2D eigenvalue weighted by Gasteiger charge is -2.28. The van der Waals surface area contributed by atoms with Crippen LogP contribution < -0.4 is 5.32 Å². The number of rotatable bonds is 0. The van der Waals surface area contributed by atoms with Gasteiger partial charge in [-0.2, -0.15) is 13.2 Å². The van der Waals surface area contributed by atoms with Crippen LogP contribution in [0.1, 0.15) is 30.6 Å². The zero-order chi connectivity index (χ0) is 11.9. The predicted molar refractivity (Wildman–Crippen MR) is 54.1 cm³/mol. The molecule has 1 aromatic carbocycles. The van der Waals surface area contributed by atoms with Gasteiger partial charge < -0.3 is 10.4 Å². The fraction of sp³-hybridized carbons (Fsp3) is 0.455. The van der Waals surface area contributed by atoms with E-state index in [2.05, 4.69) is 5.32 Å². The number of halogens is 3. The smallest absolute Gasteiger partial charge is 0.388 e. The van der Waals surface area contributed by atoms with Gasteiger partial charge in [0.05, 0.1) is 11.7 Å². The van der Waals surface area contributed by atoms with E-state index in [0.29, 0.717) is 17.7 Å². The van der Waals surface area contributed by atoms with Gasteiger partial charge in [0.15, 0.2) is 0 Å². The first-order valence-corrected chi connectivity index (χ1v) is 5.03. The number of benzene rings is 1. The lowest BCUT2D eigenvalue weighted by molar-refractivity contribution is -0.137. The number of hydrogen-bond donors (Lipinski definition) is 2. The summed E-state index contributed by atoms with van der Waals surface area (Å²) >= 11 is 0. The Hall–Kier alpha value is -1.23. The Balaban J connectivity index is 2.42. The van der Waals surface area contributed by atoms with E-state index in [1.807, 2.05) is 6.92 Å². The van der Waals surface area contributed by atoms with Crippen LogP contribution in [0.25, 0.3) is 0 Å². The summed E-state index contributed by atoms with van der Waals surface area (Å²) in [4.78, 5) is 0. The summed E-state index contributed by atoms with van der Waals surface area (Å²) in [6.45, 7) is 1.88. The molecule has 1 aliphatic rings. The second-order valence-corrected chi connectivity index (χ2v) is 4.10. The Morgan fingerprint density at radius 1 is 1.38 bits per heavy atom. The average Bonchev–Trinajstić information content (AvgIpc) is 2.15. The molecule has 0 bridgehead atoms. The molecule has 0 saturated carbocycles. The van der Waals surface area contributed by atoms with Crippen molar-refractivity contribution in [2.45, 2.75) is 31.7 Å². The van der Waals surface area contributed by atoms with E-state index in [1.54, 1.807) is 0 Å². The quantitative estimate of drug-likeness (QED) is 0.719. The maximum absolute atomic E-state index is 12.5. The summed E-state index contributed by atoms with van der Waals surface area (Å²) in [7, 11) is 0. The van der Waals surface area contributed by atoms with E-state index < -0.39 is 17.8 Å². The molecule has 2 N–H and O–H groups in total. The molecule has 2 unspecified atom stereocenters. The fourth-order valence-electron chi connectivity index (χ4n) is 1.93. The Morgan fingerprint density at radius 2 is 2.06 bits per heavy atom. The maximum Gasteiger partial charge on any atom is 0.416 e. The first-order valence-electron chi connectivity index (χ1n) is 5.03. The van der Waals surface area contributed by atoms with Gasteiger partial charge in [-0.15, -0.1) is 0 Å². The molecule has 1 heterocycles. The summed E-state index contributed by atoms with van der Waals surface area (Å²) in [5, 5.41) is 12.8. The molecule has 0 radical (unpaired) electrons. The zero-order valence-electron chi connectivity index (χ0n) is 8.67. The van der Waals surface area contributed by atoms with Crippen LogP contribution in [0.2, 0.25) is 0 Å². The summed E-state index contributed by atoms with van der Waals surface area (Å²) in [6, 6.07) is 3.48. The highest BCUT2D eigenvalue weighted by Gasteiger charge is 2.32. The molecule has 0 aromatic heterocycles. The van der Waals surface area contributed by atoms with Gasteiger partial charge in [-0.25, -0.2) is 0 Å². The van der Waals surface area contributed by atoms with Crippen LogP contribution >= 0.6 is 0 Å². The van der Waals surface area contributed by atoms with Gasteiger partial charge in [-0.05, 0) is 31.5 Å². The monoisotopic (exact) mass is 231 g/mol. The van der Waals surface area contributed by atoms with Gasteiger partial charge in [0.25, 0.3) is 0 Å². The Bertz CT molecular complexity index is 403. The normalized spacial score (nSPS) is 24.8. The van der Waals surface area contributed by atoms with Crippen LogP contribution in [0.4, 0.5) is 18.9 Å². The number of anilines is 1. The van der Waals surface area contributed by atoms with Gasteiger partial charge in [-0.3, -0.25) is 0 Å². The summed E-state index contributed by atoms with van der Waals surface area (Å²) in [5.74, 6) is 0. The molecular formula is C11H12F3NO. The van der Waals surface area contributed by atoms with E-state index in [4.69, 9.17) is 0 Å². The van der Waals surface area contributed by atoms with Crippen LogP contribution in [-0.2, 0) is 6.18 Å². The number of fused-ring (bicyclic) bond motifs is 1. The number of aliphatic hydroxyl groups excluding tert-OH is 1. The van der Waals surface area contributed by atoms with Crippen molar-refractivity contribution in [2.24, 2.45) is 0 Å². The average molecular weight is 231 g/mol. The number of aliphatic hydroxyl groups is 1. The van der Waals surface area contributed by atoms with Gasteiger partial charge >= 0.3 is 6.18 Å². The molecule has 5 heteroatoms. The SMILES string of the molecule is CC1CC(O)c2cc(C(F)(F)F)ccc2N1. The molecule has 1 aromatic rings. The van der Waals surface area contributed by atoms with Crippen molar-refractivity contribution in [3.05, 3.63) is 29.3 Å². The predicted octanol–water partition coefficient (Wildman–Crippen LogP) is 2.94. The van der Waals surface area contributed by atoms with Gasteiger partial charge in [0, 0.05) is 17.3 Å². The Kier molecular flexibility index (Phi) is 2.58. The van der Waals surface area contributed by atoms with E-state index >= 15 is 0 Å². The number of hydrogen-bond acceptors (Lipinski definition) is 2. The van der Waals surface area contributed by atoms with Crippen molar-refractivity contribution in [1.29, 1.82) is 0 Å². The standard InChI is InChI=1S/C11H12F3NO/c1-6-4-10(16)8-5-7(11(12,13)14)2-3-9(8)15-6/h2-3,5-6,10,15-16H,4H2,1H3. The second kappa shape index (κ2) is 3.66. The molecule has 0 saturated heterocycles. The first-order chi connectivity index (χ1) is 7.38. The van der Waals surface area contributed by atoms with Crippen molar-refractivity contribution in [3.8, 4) is 0 Å². The Labute approximate surface area is 91.1 Å². The molecule has 16 heavy (non-hydrogen) atoms. The number of alkyl halides is 3. The van der Waals surface area contributed by atoms with Crippen LogP contribution in [0.15, 0.2) is 18.2 Å². The van der Waals surface area contributed by atoms with Gasteiger partial charge in [0.1, 0.15) is 0 Å². The number of nitrogens with one attached hydrogen (secondary N) is 1. The third-order valence-electron chi connectivity index (χ3n) is 2.72. The largest absolute Gasteiger partial charge is 0.416 e. The van der Waals surface area contributed by atoms with Crippen LogP contribution in [0.5, 0.6) is 0 Å². The summed E-state index contributed by atoms with van der Waals surface area (Å²) in [5.41, 5.74) is 0.189. The zero-order valence-corrected chi connectivity index (χ0v) is 8.67. The van der Waals surface area contributed by atoms with Gasteiger partial charge in [-0.1, -0.05) is 0 Å². The highest BCUT2D eigenvalue weighted by Crippen LogP contribution is 2.37. The minimum absolute atomic E-state index is 0.0687. The molecule has 0 aliphatic carbocycles. The molecular weight excluding hydrogens is 219 g/mol. The molecule has 0 amide bonds. The Morgan fingerprint density at radius 3 is 2.69 bits per heavy atom. The summed E-state index contributed by atoms with van der Waals surface area (Å²) in [6.07, 6.45) is -4.76. The molecule has 0 spiro atoms. The van der Waals surface area contributed by atoms with Crippen molar-refractivity contribution in [2.75, 3.05) is 5.32 Å². The van der Waals surface area contributed by atoms with Crippen molar-refractivity contribution in [1.82, 2.24) is 0 Å². The third-order valence-corrected chi connectivity index (χ3v) is 2.72. The van der Waals surface area contributed by atoms with Crippen LogP contribution in [0, 0.1) is 0 Å². The molecule has 88 valence electrons. The lowest BCUT2D eigenvalue weighted by atomic mass is 9.94. The minimum atomic E-state index is -4.36. The van der Waals surface area contributed by atoms with Crippen molar-refractivity contribution >= 4 is 5.69 Å². The third kappa shape index (κ3) is 2.00. The van der Waals surface area contributed by atoms with Crippen molar-refractivity contribution in [3.63, 3.8) is 0 Å². The molecule has 2 atom stereocenters. The van der Waals surface area contributed by atoms with E-state index in [0.717, 1.165) is 12.1 Å². The van der Waals surface area contributed by atoms with Crippen LogP contribution in [0.3, 0.4) is 0 Å². The minimum Gasteiger partial charge on any atom is -0.388 e. The van der Waals surface area contributed by atoms with Crippen molar-refractivity contribution < 1.29 is 18.3 Å². The highest BCUT2D eigenvalue weighted by molar-refractivity contribution is 5.56. The van der Waals surface area contributed by atoms with Crippen LogP contribution in [-0.4, -0.2) is 11.1 Å². The van der Waals surface area contributed by atoms with Gasteiger partial charge in [0.2, 0.25) is 0 Å². The second-order valence-electron chi connectivity index (χ2n) is 4.10. The van der Waals surface area contributed by atoms with E-state index in [-0.39, 0.29) is 6.04 Å². The lowest BCUT2D eigenvalue weighted by Crippen LogP contribution is -2.25. The molecule has 2 rings (SSSR count). The van der Waals surface area contributed by atoms with E-state index in [1.165, 1.54) is 6.07 Å². The maximum atomic E-state index is 12.5. The van der Waals surface area contributed by atoms with E-state index in [9.17, 15) is 18.3 Å². The molecule has 2 nitrogen and oxygen atoms in total. The highest BCUT2D eigenvalue weighted by atomic mass is 19.4. The molecule has 1 aliphatic heterocycles. The topological polar surface area (TPSA) is 32.3 Å². The molecule has 0 fully saturated rings. The first kappa shape index (κ1) is 11.3. The summed E-state index contributed by atoms with van der Waals surface area (Å²) < 4.78 is 37.4. The fourth-order valence-corrected chi connectivity index (χ4v) is 1.93.